The van der Waals surface area contributed by atoms with Gasteiger partial charge in [0.05, 0.1) is 26.0 Å². The Morgan fingerprint density at radius 1 is 1.00 bits per heavy atom. The third-order valence-electron chi connectivity index (χ3n) is 5.20. The van der Waals surface area contributed by atoms with Crippen molar-refractivity contribution in [1.29, 1.82) is 0 Å². The van der Waals surface area contributed by atoms with E-state index in [1.165, 1.54) is 21.5 Å². The SMILES string of the molecule is O=C(c1ccc(F)c(S(=O)(=O)N2CCOCC2)c1)N(Cc1ccccc1)Cc1ccco1. The zero-order chi connectivity index (χ0) is 22.6. The van der Waals surface area contributed by atoms with Crippen LogP contribution in [0.5, 0.6) is 0 Å². The van der Waals surface area contributed by atoms with Crippen LogP contribution in [0, 0.1) is 5.82 Å². The normalized spacial score (nSPS) is 14.9. The van der Waals surface area contributed by atoms with Gasteiger partial charge in [-0.25, -0.2) is 12.8 Å². The first-order valence-corrected chi connectivity index (χ1v) is 11.6. The number of amides is 1. The summed E-state index contributed by atoms with van der Waals surface area (Å²) in [6.07, 6.45) is 1.52. The Labute approximate surface area is 186 Å². The maximum absolute atomic E-state index is 14.6. The van der Waals surface area contributed by atoms with Crippen LogP contribution in [0.3, 0.4) is 0 Å². The van der Waals surface area contributed by atoms with Gasteiger partial charge in [-0.3, -0.25) is 4.79 Å². The molecule has 7 nitrogen and oxygen atoms in total. The zero-order valence-corrected chi connectivity index (χ0v) is 18.1. The third kappa shape index (κ3) is 4.90. The average molecular weight is 459 g/mol. The van der Waals surface area contributed by atoms with E-state index in [1.807, 2.05) is 30.3 Å². The first-order chi connectivity index (χ1) is 15.4. The first kappa shape index (κ1) is 22.2. The Bertz CT molecular complexity index is 1160. The van der Waals surface area contributed by atoms with Crippen LogP contribution < -0.4 is 0 Å². The fraction of sp³-hybridized carbons (Fsp3) is 0.261. The minimum atomic E-state index is -4.09. The Morgan fingerprint density at radius 3 is 2.44 bits per heavy atom. The molecule has 9 heteroatoms. The van der Waals surface area contributed by atoms with Crippen molar-refractivity contribution in [3.05, 3.63) is 89.6 Å². The topological polar surface area (TPSA) is 80.1 Å². The van der Waals surface area contributed by atoms with Crippen molar-refractivity contribution in [3.8, 4) is 0 Å². The highest BCUT2D eigenvalue weighted by Gasteiger charge is 2.30. The van der Waals surface area contributed by atoms with Gasteiger partial charge >= 0.3 is 0 Å². The van der Waals surface area contributed by atoms with Crippen molar-refractivity contribution in [1.82, 2.24) is 9.21 Å². The predicted molar refractivity (Wildman–Crippen MR) is 115 cm³/mol. The molecule has 1 fully saturated rings. The van der Waals surface area contributed by atoms with Crippen molar-refractivity contribution >= 4 is 15.9 Å². The van der Waals surface area contributed by atoms with Gasteiger partial charge in [-0.1, -0.05) is 30.3 Å². The summed E-state index contributed by atoms with van der Waals surface area (Å²) < 4.78 is 52.3. The molecule has 1 aliphatic rings. The van der Waals surface area contributed by atoms with Gasteiger partial charge in [0.2, 0.25) is 10.0 Å². The Kier molecular flexibility index (Phi) is 6.69. The Morgan fingerprint density at radius 2 is 1.75 bits per heavy atom. The molecule has 3 aromatic rings. The summed E-state index contributed by atoms with van der Waals surface area (Å²) in [6.45, 7) is 1.23. The summed E-state index contributed by atoms with van der Waals surface area (Å²) in [7, 11) is -4.09. The fourth-order valence-corrected chi connectivity index (χ4v) is 5.03. The second-order valence-electron chi connectivity index (χ2n) is 7.39. The monoisotopic (exact) mass is 458 g/mol. The van der Waals surface area contributed by atoms with E-state index in [4.69, 9.17) is 9.15 Å². The highest BCUT2D eigenvalue weighted by atomic mass is 32.2. The number of carbonyl (C=O) groups is 1. The van der Waals surface area contributed by atoms with E-state index in [0.717, 1.165) is 17.7 Å². The third-order valence-corrected chi connectivity index (χ3v) is 7.11. The maximum Gasteiger partial charge on any atom is 0.254 e. The Balaban J connectivity index is 1.65. The molecular formula is C23H23FN2O5S. The number of rotatable bonds is 7. The highest BCUT2D eigenvalue weighted by molar-refractivity contribution is 7.89. The van der Waals surface area contributed by atoms with Crippen LogP contribution in [0.25, 0.3) is 0 Å². The molecule has 0 atom stereocenters. The number of morpholine rings is 1. The number of hydrogen-bond acceptors (Lipinski definition) is 5. The van der Waals surface area contributed by atoms with Gasteiger partial charge in [-0.05, 0) is 35.9 Å². The zero-order valence-electron chi connectivity index (χ0n) is 17.3. The van der Waals surface area contributed by atoms with Gasteiger partial charge in [0.25, 0.3) is 5.91 Å². The molecule has 1 aliphatic heterocycles. The fourth-order valence-electron chi connectivity index (χ4n) is 3.54. The number of carbonyl (C=O) groups excluding carboxylic acids is 1. The number of sulfonamides is 1. The first-order valence-electron chi connectivity index (χ1n) is 10.2. The molecule has 0 N–H and O–H groups in total. The summed E-state index contributed by atoms with van der Waals surface area (Å²) in [5.74, 6) is -0.741. The molecule has 2 heterocycles. The molecule has 1 aromatic heterocycles. The summed E-state index contributed by atoms with van der Waals surface area (Å²) >= 11 is 0. The molecule has 4 rings (SSSR count). The van der Waals surface area contributed by atoms with E-state index in [9.17, 15) is 17.6 Å². The lowest BCUT2D eigenvalue weighted by atomic mass is 10.1. The van der Waals surface area contributed by atoms with Crippen molar-refractivity contribution in [3.63, 3.8) is 0 Å². The van der Waals surface area contributed by atoms with Gasteiger partial charge in [0, 0.05) is 25.2 Å². The number of hydrogen-bond donors (Lipinski definition) is 0. The van der Waals surface area contributed by atoms with E-state index in [1.54, 1.807) is 12.1 Å². The smallest absolute Gasteiger partial charge is 0.254 e. The van der Waals surface area contributed by atoms with Crippen LogP contribution in [0.2, 0.25) is 0 Å². The molecular weight excluding hydrogens is 435 g/mol. The quantitative estimate of drug-likeness (QED) is 0.543. The van der Waals surface area contributed by atoms with Crippen LogP contribution in [0.15, 0.2) is 76.2 Å². The number of ether oxygens (including phenoxy) is 1. The molecule has 0 saturated carbocycles. The van der Waals surface area contributed by atoms with E-state index in [0.29, 0.717) is 5.76 Å². The van der Waals surface area contributed by atoms with Gasteiger partial charge in [-0.15, -0.1) is 0 Å². The van der Waals surface area contributed by atoms with E-state index < -0.39 is 26.6 Å². The van der Waals surface area contributed by atoms with Gasteiger partial charge in [0.1, 0.15) is 16.5 Å². The lowest BCUT2D eigenvalue weighted by molar-refractivity contribution is 0.0715. The molecule has 1 saturated heterocycles. The number of furan rings is 1. The number of benzene rings is 2. The standard InChI is InChI=1S/C23H23FN2O5S/c24-21-9-8-19(15-22(21)32(28,29)26-10-13-30-14-11-26)23(27)25(17-20-7-4-12-31-20)16-18-5-2-1-3-6-18/h1-9,12,15H,10-11,13-14,16-17H2. The molecule has 0 aliphatic carbocycles. The minimum Gasteiger partial charge on any atom is -0.467 e. The maximum atomic E-state index is 14.6. The largest absolute Gasteiger partial charge is 0.467 e. The number of nitrogens with zero attached hydrogens (tertiary/aromatic N) is 2. The lowest BCUT2D eigenvalue weighted by Gasteiger charge is -2.26. The van der Waals surface area contributed by atoms with Crippen LogP contribution in [-0.4, -0.2) is 49.8 Å². The molecule has 168 valence electrons. The summed E-state index contributed by atoms with van der Waals surface area (Å²) in [4.78, 5) is 14.4. The van der Waals surface area contributed by atoms with Crippen LogP contribution in [-0.2, 0) is 27.8 Å². The molecule has 0 unspecified atom stereocenters. The van der Waals surface area contributed by atoms with Gasteiger partial charge in [0.15, 0.2) is 0 Å². The Hall–Kier alpha value is -3.01. The van der Waals surface area contributed by atoms with E-state index >= 15 is 0 Å². The van der Waals surface area contributed by atoms with Crippen LogP contribution in [0.4, 0.5) is 4.39 Å². The summed E-state index contributed by atoms with van der Waals surface area (Å²) in [5, 5.41) is 0. The lowest BCUT2D eigenvalue weighted by Crippen LogP contribution is -2.41. The van der Waals surface area contributed by atoms with Crippen molar-refractivity contribution in [2.24, 2.45) is 0 Å². The van der Waals surface area contributed by atoms with Gasteiger partial charge in [-0.2, -0.15) is 4.31 Å². The van der Waals surface area contributed by atoms with Crippen molar-refractivity contribution in [2.45, 2.75) is 18.0 Å². The second kappa shape index (κ2) is 9.64. The molecule has 0 bridgehead atoms. The molecule has 0 radical (unpaired) electrons. The van der Waals surface area contributed by atoms with Crippen molar-refractivity contribution in [2.75, 3.05) is 26.3 Å². The highest BCUT2D eigenvalue weighted by Crippen LogP contribution is 2.23. The summed E-state index contributed by atoms with van der Waals surface area (Å²) in [6, 6.07) is 16.3. The minimum absolute atomic E-state index is 0.0840. The van der Waals surface area contributed by atoms with E-state index in [-0.39, 0.29) is 45.0 Å². The molecule has 1 amide bonds. The molecule has 2 aromatic carbocycles. The number of halogens is 1. The average Bonchev–Trinajstić information content (AvgIpc) is 3.33. The second-order valence-corrected chi connectivity index (χ2v) is 9.29. The van der Waals surface area contributed by atoms with Crippen LogP contribution in [0.1, 0.15) is 21.7 Å². The van der Waals surface area contributed by atoms with Crippen molar-refractivity contribution < 1.29 is 26.8 Å². The molecule has 32 heavy (non-hydrogen) atoms. The van der Waals surface area contributed by atoms with Gasteiger partial charge < -0.3 is 14.1 Å². The van der Waals surface area contributed by atoms with Crippen LogP contribution >= 0.6 is 0 Å². The molecule has 0 spiro atoms. The summed E-state index contributed by atoms with van der Waals surface area (Å²) in [5.41, 5.74) is 0.983. The predicted octanol–water partition coefficient (Wildman–Crippen LogP) is 3.28. The van der Waals surface area contributed by atoms with E-state index in [2.05, 4.69) is 0 Å².